The van der Waals surface area contributed by atoms with E-state index in [0.29, 0.717) is 0 Å². The Morgan fingerprint density at radius 2 is 1.94 bits per heavy atom. The van der Waals surface area contributed by atoms with Crippen molar-refractivity contribution >= 4 is 10.9 Å². The van der Waals surface area contributed by atoms with E-state index in [9.17, 15) is 0 Å². The SMILES string of the molecule is Cn1c(OC2(C)CCNCC2)cc2ccccc21. The van der Waals surface area contributed by atoms with E-state index in [4.69, 9.17) is 4.74 Å². The zero-order valence-electron chi connectivity index (χ0n) is 11.1. The maximum absolute atomic E-state index is 6.28. The van der Waals surface area contributed by atoms with Gasteiger partial charge in [-0.1, -0.05) is 18.2 Å². The lowest BCUT2D eigenvalue weighted by Gasteiger charge is -2.34. The second-order valence-corrected chi connectivity index (χ2v) is 5.40. The van der Waals surface area contributed by atoms with E-state index < -0.39 is 0 Å². The number of aromatic nitrogens is 1. The van der Waals surface area contributed by atoms with Gasteiger partial charge in [-0.25, -0.2) is 0 Å². The quantitative estimate of drug-likeness (QED) is 0.879. The van der Waals surface area contributed by atoms with Crippen molar-refractivity contribution in [2.75, 3.05) is 13.1 Å². The Morgan fingerprint density at radius 1 is 1.22 bits per heavy atom. The average Bonchev–Trinajstić information content (AvgIpc) is 2.67. The minimum Gasteiger partial charge on any atom is -0.472 e. The van der Waals surface area contributed by atoms with Gasteiger partial charge in [0.1, 0.15) is 5.60 Å². The fraction of sp³-hybridized carbons (Fsp3) is 0.467. The number of ether oxygens (including phenoxy) is 1. The van der Waals surface area contributed by atoms with Crippen molar-refractivity contribution in [2.45, 2.75) is 25.4 Å². The molecule has 0 saturated carbocycles. The summed E-state index contributed by atoms with van der Waals surface area (Å²) in [6.07, 6.45) is 2.13. The topological polar surface area (TPSA) is 26.2 Å². The largest absolute Gasteiger partial charge is 0.472 e. The molecule has 3 heteroatoms. The molecule has 0 spiro atoms. The molecule has 0 unspecified atom stereocenters. The number of benzene rings is 1. The summed E-state index contributed by atoms with van der Waals surface area (Å²) in [5, 5.41) is 4.62. The summed E-state index contributed by atoms with van der Waals surface area (Å²) >= 11 is 0. The molecule has 2 aromatic rings. The molecular formula is C15H20N2O. The van der Waals surface area contributed by atoms with E-state index in [1.54, 1.807) is 0 Å². The normalized spacial score (nSPS) is 19.0. The van der Waals surface area contributed by atoms with Gasteiger partial charge >= 0.3 is 0 Å². The maximum Gasteiger partial charge on any atom is 0.194 e. The third-order valence-electron chi connectivity index (χ3n) is 3.92. The van der Waals surface area contributed by atoms with Crippen LogP contribution in [0.2, 0.25) is 0 Å². The van der Waals surface area contributed by atoms with Crippen LogP contribution >= 0.6 is 0 Å². The minimum atomic E-state index is -0.0343. The highest BCUT2D eigenvalue weighted by Gasteiger charge is 2.29. The van der Waals surface area contributed by atoms with Crippen molar-refractivity contribution < 1.29 is 4.74 Å². The predicted octanol–water partition coefficient (Wildman–Crippen LogP) is 2.70. The van der Waals surface area contributed by atoms with Crippen LogP contribution in [0.25, 0.3) is 10.9 Å². The molecule has 1 aliphatic rings. The van der Waals surface area contributed by atoms with Crippen LogP contribution in [0.3, 0.4) is 0 Å². The van der Waals surface area contributed by atoms with Gasteiger partial charge in [-0.05, 0) is 38.9 Å². The number of para-hydroxylation sites is 1. The number of piperidine rings is 1. The van der Waals surface area contributed by atoms with E-state index in [0.717, 1.165) is 31.8 Å². The van der Waals surface area contributed by atoms with Crippen LogP contribution in [-0.4, -0.2) is 23.3 Å². The number of fused-ring (bicyclic) bond motifs is 1. The molecule has 1 aliphatic heterocycles. The second kappa shape index (κ2) is 4.32. The van der Waals surface area contributed by atoms with Crippen molar-refractivity contribution in [3.63, 3.8) is 0 Å². The van der Waals surface area contributed by atoms with E-state index in [2.05, 4.69) is 54.2 Å². The first-order chi connectivity index (χ1) is 8.68. The molecule has 0 bridgehead atoms. The Balaban J connectivity index is 1.92. The van der Waals surface area contributed by atoms with Gasteiger partial charge in [-0.15, -0.1) is 0 Å². The summed E-state index contributed by atoms with van der Waals surface area (Å²) in [5.41, 5.74) is 1.19. The van der Waals surface area contributed by atoms with Crippen LogP contribution in [0, 0.1) is 0 Å². The Kier molecular flexibility index (Phi) is 2.78. The molecular weight excluding hydrogens is 224 g/mol. The van der Waals surface area contributed by atoms with Crippen molar-refractivity contribution in [2.24, 2.45) is 7.05 Å². The lowest BCUT2D eigenvalue weighted by molar-refractivity contribution is 0.0481. The second-order valence-electron chi connectivity index (χ2n) is 5.40. The van der Waals surface area contributed by atoms with Crippen molar-refractivity contribution in [1.29, 1.82) is 0 Å². The highest BCUT2D eigenvalue weighted by molar-refractivity contribution is 5.82. The average molecular weight is 244 g/mol. The molecule has 0 atom stereocenters. The van der Waals surface area contributed by atoms with E-state index in [1.165, 1.54) is 10.9 Å². The van der Waals surface area contributed by atoms with Crippen molar-refractivity contribution in [3.8, 4) is 5.88 Å². The molecule has 1 aromatic carbocycles. The molecule has 3 nitrogen and oxygen atoms in total. The third kappa shape index (κ3) is 1.99. The van der Waals surface area contributed by atoms with Crippen LogP contribution < -0.4 is 10.1 Å². The smallest absolute Gasteiger partial charge is 0.194 e. The monoisotopic (exact) mass is 244 g/mol. The molecule has 1 fully saturated rings. The summed E-state index contributed by atoms with van der Waals surface area (Å²) in [5.74, 6) is 0.973. The van der Waals surface area contributed by atoms with Crippen LogP contribution in [0.5, 0.6) is 5.88 Å². The maximum atomic E-state index is 6.28. The van der Waals surface area contributed by atoms with Gasteiger partial charge in [-0.2, -0.15) is 0 Å². The molecule has 3 rings (SSSR count). The predicted molar refractivity (Wildman–Crippen MR) is 74.1 cm³/mol. The molecule has 18 heavy (non-hydrogen) atoms. The fourth-order valence-corrected chi connectivity index (χ4v) is 2.67. The first-order valence-electron chi connectivity index (χ1n) is 6.62. The molecule has 1 N–H and O–H groups in total. The number of hydrogen-bond acceptors (Lipinski definition) is 2. The van der Waals surface area contributed by atoms with Gasteiger partial charge < -0.3 is 14.6 Å². The summed E-state index contributed by atoms with van der Waals surface area (Å²) in [6, 6.07) is 10.5. The van der Waals surface area contributed by atoms with E-state index in [1.807, 2.05) is 0 Å². The first-order valence-corrected chi connectivity index (χ1v) is 6.62. The Labute approximate surface area is 108 Å². The molecule has 0 amide bonds. The number of aryl methyl sites for hydroxylation is 1. The van der Waals surface area contributed by atoms with Crippen LogP contribution in [0.15, 0.2) is 30.3 Å². The van der Waals surface area contributed by atoms with Crippen LogP contribution in [0.4, 0.5) is 0 Å². The number of nitrogens with zero attached hydrogens (tertiary/aromatic N) is 1. The van der Waals surface area contributed by atoms with Crippen LogP contribution in [0.1, 0.15) is 19.8 Å². The number of rotatable bonds is 2. The summed E-state index contributed by atoms with van der Waals surface area (Å²) < 4.78 is 8.42. The molecule has 0 aliphatic carbocycles. The summed E-state index contributed by atoms with van der Waals surface area (Å²) in [6.45, 7) is 4.30. The van der Waals surface area contributed by atoms with Crippen molar-refractivity contribution in [3.05, 3.63) is 30.3 Å². The van der Waals surface area contributed by atoms with Gasteiger partial charge in [-0.3, -0.25) is 0 Å². The van der Waals surface area contributed by atoms with Gasteiger partial charge in [0.25, 0.3) is 0 Å². The first kappa shape index (κ1) is 11.6. The highest BCUT2D eigenvalue weighted by atomic mass is 16.5. The Bertz CT molecular complexity index is 553. The molecule has 2 heterocycles. The fourth-order valence-electron chi connectivity index (χ4n) is 2.67. The minimum absolute atomic E-state index is 0.0343. The third-order valence-corrected chi connectivity index (χ3v) is 3.92. The van der Waals surface area contributed by atoms with Gasteiger partial charge in [0.05, 0.1) is 5.52 Å². The van der Waals surface area contributed by atoms with Gasteiger partial charge in [0.2, 0.25) is 0 Å². The van der Waals surface area contributed by atoms with Gasteiger partial charge in [0.15, 0.2) is 5.88 Å². The number of nitrogens with one attached hydrogen (secondary N) is 1. The Morgan fingerprint density at radius 3 is 2.67 bits per heavy atom. The Hall–Kier alpha value is -1.48. The standard InChI is InChI=1S/C15H20N2O/c1-15(7-9-16-10-8-15)18-14-11-12-5-3-4-6-13(12)17(14)2/h3-6,11,16H,7-10H2,1-2H3. The van der Waals surface area contributed by atoms with Gasteiger partial charge in [0, 0.05) is 18.5 Å². The number of hydrogen-bond donors (Lipinski definition) is 1. The van der Waals surface area contributed by atoms with Crippen molar-refractivity contribution in [1.82, 2.24) is 9.88 Å². The molecule has 0 radical (unpaired) electrons. The molecule has 1 saturated heterocycles. The lowest BCUT2D eigenvalue weighted by Crippen LogP contribution is -2.44. The molecule has 1 aromatic heterocycles. The van der Waals surface area contributed by atoms with E-state index in [-0.39, 0.29) is 5.60 Å². The molecule has 96 valence electrons. The lowest BCUT2D eigenvalue weighted by atomic mass is 9.95. The van der Waals surface area contributed by atoms with E-state index >= 15 is 0 Å². The summed E-state index contributed by atoms with van der Waals surface area (Å²) in [7, 11) is 2.07. The highest BCUT2D eigenvalue weighted by Crippen LogP contribution is 2.30. The van der Waals surface area contributed by atoms with Crippen LogP contribution in [-0.2, 0) is 7.05 Å². The summed E-state index contributed by atoms with van der Waals surface area (Å²) in [4.78, 5) is 0. The zero-order chi connectivity index (χ0) is 12.6. The zero-order valence-corrected chi connectivity index (χ0v) is 11.1.